The third-order valence-electron chi connectivity index (χ3n) is 3.83. The van der Waals surface area contributed by atoms with Crippen LogP contribution in [0, 0.1) is 11.3 Å². The van der Waals surface area contributed by atoms with Crippen LogP contribution in [0.2, 0.25) is 0 Å². The zero-order valence-corrected chi connectivity index (χ0v) is 11.8. The van der Waals surface area contributed by atoms with Crippen LogP contribution in [0.15, 0.2) is 0 Å². The Labute approximate surface area is 109 Å². The SMILES string of the molecule is COC(=O)C(C)(C)C(=O)NCCC1CCCCC1. The van der Waals surface area contributed by atoms with E-state index in [1.807, 2.05) is 0 Å². The molecule has 104 valence electrons. The van der Waals surface area contributed by atoms with Crippen molar-refractivity contribution in [3.63, 3.8) is 0 Å². The van der Waals surface area contributed by atoms with E-state index in [4.69, 9.17) is 0 Å². The van der Waals surface area contributed by atoms with Gasteiger partial charge in [-0.3, -0.25) is 9.59 Å². The number of carbonyl (C=O) groups excluding carboxylic acids is 2. The van der Waals surface area contributed by atoms with E-state index in [2.05, 4.69) is 10.1 Å². The van der Waals surface area contributed by atoms with Gasteiger partial charge in [0.2, 0.25) is 5.91 Å². The van der Waals surface area contributed by atoms with Gasteiger partial charge in [-0.25, -0.2) is 0 Å². The molecule has 1 amide bonds. The lowest BCUT2D eigenvalue weighted by atomic mass is 9.87. The zero-order valence-electron chi connectivity index (χ0n) is 11.8. The van der Waals surface area contributed by atoms with E-state index < -0.39 is 11.4 Å². The third-order valence-corrected chi connectivity index (χ3v) is 3.83. The minimum absolute atomic E-state index is 0.245. The Bertz CT molecular complexity index is 293. The average molecular weight is 255 g/mol. The molecule has 1 rings (SSSR count). The largest absolute Gasteiger partial charge is 0.468 e. The minimum atomic E-state index is -1.10. The molecule has 0 saturated heterocycles. The van der Waals surface area contributed by atoms with Crippen LogP contribution < -0.4 is 5.32 Å². The molecule has 0 aromatic carbocycles. The molecule has 0 radical (unpaired) electrons. The van der Waals surface area contributed by atoms with Gasteiger partial charge in [-0.1, -0.05) is 32.1 Å². The second kappa shape index (κ2) is 6.76. The number of methoxy groups -OCH3 is 1. The predicted octanol–water partition coefficient (Wildman–Crippen LogP) is 2.27. The number of hydrogen-bond acceptors (Lipinski definition) is 3. The highest BCUT2D eigenvalue weighted by Gasteiger charge is 2.36. The maximum Gasteiger partial charge on any atom is 0.320 e. The number of esters is 1. The first kappa shape index (κ1) is 15.0. The molecule has 1 aliphatic rings. The smallest absolute Gasteiger partial charge is 0.320 e. The van der Waals surface area contributed by atoms with E-state index in [1.165, 1.54) is 39.2 Å². The van der Waals surface area contributed by atoms with Crippen molar-refractivity contribution in [2.24, 2.45) is 11.3 Å². The number of rotatable bonds is 5. The van der Waals surface area contributed by atoms with Gasteiger partial charge in [0.05, 0.1) is 7.11 Å². The van der Waals surface area contributed by atoms with Gasteiger partial charge < -0.3 is 10.1 Å². The van der Waals surface area contributed by atoms with E-state index in [9.17, 15) is 9.59 Å². The minimum Gasteiger partial charge on any atom is -0.468 e. The maximum atomic E-state index is 11.9. The highest BCUT2D eigenvalue weighted by molar-refractivity contribution is 6.01. The van der Waals surface area contributed by atoms with E-state index in [0.29, 0.717) is 6.54 Å². The molecular formula is C14H25NO3. The number of amides is 1. The van der Waals surface area contributed by atoms with Gasteiger partial charge in [0.25, 0.3) is 0 Å². The molecule has 1 fully saturated rings. The fraction of sp³-hybridized carbons (Fsp3) is 0.857. The molecule has 0 bridgehead atoms. The fourth-order valence-electron chi connectivity index (χ4n) is 2.43. The second-order valence-electron chi connectivity index (χ2n) is 5.67. The van der Waals surface area contributed by atoms with Gasteiger partial charge >= 0.3 is 5.97 Å². The highest BCUT2D eigenvalue weighted by Crippen LogP contribution is 2.26. The maximum absolute atomic E-state index is 11.9. The van der Waals surface area contributed by atoms with Crippen molar-refractivity contribution in [1.82, 2.24) is 5.32 Å². The monoisotopic (exact) mass is 255 g/mol. The number of ether oxygens (including phenoxy) is 1. The molecule has 0 aromatic heterocycles. The van der Waals surface area contributed by atoms with E-state index in [1.54, 1.807) is 13.8 Å². The molecule has 0 spiro atoms. The summed E-state index contributed by atoms with van der Waals surface area (Å²) in [6.45, 7) is 3.84. The van der Waals surface area contributed by atoms with Crippen molar-refractivity contribution in [2.75, 3.05) is 13.7 Å². The van der Waals surface area contributed by atoms with Crippen LogP contribution in [-0.2, 0) is 14.3 Å². The zero-order chi connectivity index (χ0) is 13.6. The van der Waals surface area contributed by atoms with Crippen LogP contribution in [0.5, 0.6) is 0 Å². The van der Waals surface area contributed by atoms with E-state index >= 15 is 0 Å². The molecule has 0 unspecified atom stereocenters. The Morgan fingerprint density at radius 3 is 2.39 bits per heavy atom. The van der Waals surface area contributed by atoms with Crippen LogP contribution >= 0.6 is 0 Å². The Hall–Kier alpha value is -1.06. The summed E-state index contributed by atoms with van der Waals surface area (Å²) >= 11 is 0. The normalized spacial score (nSPS) is 17.3. The molecule has 0 aromatic rings. The Balaban J connectivity index is 2.29. The number of carbonyl (C=O) groups is 2. The van der Waals surface area contributed by atoms with Gasteiger partial charge in [-0.2, -0.15) is 0 Å². The van der Waals surface area contributed by atoms with Crippen molar-refractivity contribution in [3.8, 4) is 0 Å². The number of hydrogen-bond donors (Lipinski definition) is 1. The van der Waals surface area contributed by atoms with Crippen LogP contribution in [0.1, 0.15) is 52.4 Å². The molecule has 0 atom stereocenters. The van der Waals surface area contributed by atoms with E-state index in [0.717, 1.165) is 12.3 Å². The molecule has 1 N–H and O–H groups in total. The van der Waals surface area contributed by atoms with Crippen molar-refractivity contribution < 1.29 is 14.3 Å². The van der Waals surface area contributed by atoms with Gasteiger partial charge in [0, 0.05) is 6.54 Å². The summed E-state index contributed by atoms with van der Waals surface area (Å²) in [7, 11) is 1.30. The summed E-state index contributed by atoms with van der Waals surface area (Å²) in [6, 6.07) is 0. The van der Waals surface area contributed by atoms with Gasteiger partial charge in [-0.05, 0) is 26.2 Å². The summed E-state index contributed by atoms with van der Waals surface area (Å²) in [5.74, 6) is 0.00288. The Morgan fingerprint density at radius 2 is 1.83 bits per heavy atom. The standard InChI is InChI=1S/C14H25NO3/c1-14(2,13(17)18-3)12(16)15-10-9-11-7-5-4-6-8-11/h11H,4-10H2,1-3H3,(H,15,16). The lowest BCUT2D eigenvalue weighted by Gasteiger charge is -2.23. The summed E-state index contributed by atoms with van der Waals surface area (Å²) in [4.78, 5) is 23.4. The second-order valence-corrected chi connectivity index (χ2v) is 5.67. The summed E-state index contributed by atoms with van der Waals surface area (Å²) in [6.07, 6.45) is 7.53. The molecule has 1 aliphatic carbocycles. The van der Waals surface area contributed by atoms with Gasteiger partial charge in [0.1, 0.15) is 5.41 Å². The van der Waals surface area contributed by atoms with Crippen LogP contribution in [0.3, 0.4) is 0 Å². The lowest BCUT2D eigenvalue weighted by Crippen LogP contribution is -2.43. The molecule has 1 saturated carbocycles. The van der Waals surface area contributed by atoms with Gasteiger partial charge in [0.15, 0.2) is 0 Å². The topological polar surface area (TPSA) is 55.4 Å². The third kappa shape index (κ3) is 4.00. The summed E-state index contributed by atoms with van der Waals surface area (Å²) < 4.78 is 4.63. The summed E-state index contributed by atoms with van der Waals surface area (Å²) in [5, 5.41) is 2.85. The Kier molecular flexibility index (Phi) is 5.63. The van der Waals surface area contributed by atoms with E-state index in [-0.39, 0.29) is 5.91 Å². The lowest BCUT2D eigenvalue weighted by molar-refractivity contribution is -0.156. The molecular weight excluding hydrogens is 230 g/mol. The Morgan fingerprint density at radius 1 is 1.22 bits per heavy atom. The van der Waals surface area contributed by atoms with Crippen molar-refractivity contribution >= 4 is 11.9 Å². The molecule has 0 aliphatic heterocycles. The quantitative estimate of drug-likeness (QED) is 0.605. The first-order valence-electron chi connectivity index (χ1n) is 6.85. The molecule has 4 nitrogen and oxygen atoms in total. The van der Waals surface area contributed by atoms with Crippen molar-refractivity contribution in [1.29, 1.82) is 0 Å². The number of nitrogens with one attached hydrogen (secondary N) is 1. The van der Waals surface area contributed by atoms with Crippen LogP contribution in [-0.4, -0.2) is 25.5 Å². The van der Waals surface area contributed by atoms with Crippen molar-refractivity contribution in [2.45, 2.75) is 52.4 Å². The highest BCUT2D eigenvalue weighted by atomic mass is 16.5. The molecule has 0 heterocycles. The van der Waals surface area contributed by atoms with Gasteiger partial charge in [-0.15, -0.1) is 0 Å². The predicted molar refractivity (Wildman–Crippen MR) is 70.0 cm³/mol. The fourth-order valence-corrected chi connectivity index (χ4v) is 2.43. The first-order valence-corrected chi connectivity index (χ1v) is 6.85. The average Bonchev–Trinajstić information content (AvgIpc) is 2.38. The van der Waals surface area contributed by atoms with Crippen LogP contribution in [0.25, 0.3) is 0 Å². The molecule has 4 heteroatoms. The van der Waals surface area contributed by atoms with Crippen molar-refractivity contribution in [3.05, 3.63) is 0 Å². The summed E-state index contributed by atoms with van der Waals surface area (Å²) in [5.41, 5.74) is -1.10. The van der Waals surface area contributed by atoms with Crippen LogP contribution in [0.4, 0.5) is 0 Å². The first-order chi connectivity index (χ1) is 8.48. The molecule has 18 heavy (non-hydrogen) atoms.